The van der Waals surface area contributed by atoms with Crippen molar-refractivity contribution in [2.75, 3.05) is 24.8 Å². The van der Waals surface area contributed by atoms with Crippen LogP contribution in [0.25, 0.3) is 0 Å². The van der Waals surface area contributed by atoms with E-state index in [1.54, 1.807) is 18.0 Å². The lowest BCUT2D eigenvalue weighted by Gasteiger charge is -2.26. The second-order valence-corrected chi connectivity index (χ2v) is 8.36. The van der Waals surface area contributed by atoms with E-state index in [0.29, 0.717) is 11.8 Å². The quantitative estimate of drug-likeness (QED) is 0.692. The highest BCUT2D eigenvalue weighted by Crippen LogP contribution is 2.43. The number of ether oxygens (including phenoxy) is 1. The first-order chi connectivity index (χ1) is 13.2. The average molecular weight is 387 g/mol. The molecule has 144 valence electrons. The number of aromatic nitrogens is 1. The number of hydrogen-bond donors (Lipinski definition) is 1. The molecule has 5 nitrogen and oxygen atoms in total. The molecule has 0 bridgehead atoms. The molecule has 2 aliphatic rings. The van der Waals surface area contributed by atoms with Crippen LogP contribution < -0.4 is 5.32 Å². The summed E-state index contributed by atoms with van der Waals surface area (Å²) in [5.74, 6) is 1.61. The minimum absolute atomic E-state index is 0.0310. The van der Waals surface area contributed by atoms with Crippen LogP contribution in [0.2, 0.25) is 0 Å². The Labute approximate surface area is 164 Å². The molecule has 1 saturated heterocycles. The fourth-order valence-corrected chi connectivity index (χ4v) is 4.16. The largest absolute Gasteiger partial charge is 0.381 e. The van der Waals surface area contributed by atoms with Gasteiger partial charge in [-0.05, 0) is 62.0 Å². The molecule has 1 unspecified atom stereocenters. The van der Waals surface area contributed by atoms with E-state index in [2.05, 4.69) is 41.0 Å². The first-order valence-corrected chi connectivity index (χ1v) is 10.9. The van der Waals surface area contributed by atoms with E-state index in [4.69, 9.17) is 9.26 Å². The van der Waals surface area contributed by atoms with E-state index < -0.39 is 0 Å². The van der Waals surface area contributed by atoms with Crippen molar-refractivity contribution >= 4 is 23.4 Å². The maximum Gasteiger partial charge on any atom is 0.232 e. The van der Waals surface area contributed by atoms with Crippen LogP contribution in [-0.4, -0.2) is 30.5 Å². The van der Waals surface area contributed by atoms with E-state index in [9.17, 15) is 4.79 Å². The van der Waals surface area contributed by atoms with Crippen molar-refractivity contribution in [2.45, 2.75) is 48.8 Å². The normalized spacial score (nSPS) is 19.0. The van der Waals surface area contributed by atoms with Crippen LogP contribution in [0.15, 0.2) is 39.9 Å². The van der Waals surface area contributed by atoms with Crippen LogP contribution in [0.4, 0.5) is 5.69 Å². The smallest absolute Gasteiger partial charge is 0.232 e. The van der Waals surface area contributed by atoms with Crippen molar-refractivity contribution in [2.24, 2.45) is 5.92 Å². The number of amides is 1. The Kier molecular flexibility index (Phi) is 5.83. The lowest BCUT2D eigenvalue weighted by molar-refractivity contribution is -0.118. The topological polar surface area (TPSA) is 64.4 Å². The molecule has 1 aliphatic carbocycles. The highest BCUT2D eigenvalue weighted by Gasteiger charge is 2.32. The van der Waals surface area contributed by atoms with Gasteiger partial charge in [-0.15, -0.1) is 11.8 Å². The Morgan fingerprint density at radius 2 is 1.96 bits per heavy atom. The number of carbonyl (C=O) groups is 1. The zero-order chi connectivity index (χ0) is 18.6. The van der Waals surface area contributed by atoms with Gasteiger partial charge < -0.3 is 14.6 Å². The van der Waals surface area contributed by atoms with E-state index in [0.717, 1.165) is 62.3 Å². The molecule has 6 heteroatoms. The zero-order valence-electron chi connectivity index (χ0n) is 15.6. The summed E-state index contributed by atoms with van der Waals surface area (Å²) in [6.45, 7) is 1.59. The highest BCUT2D eigenvalue weighted by molar-refractivity contribution is 7.98. The third-order valence-electron chi connectivity index (χ3n) is 5.55. The molecular weight excluding hydrogens is 360 g/mol. The predicted octanol–water partition coefficient (Wildman–Crippen LogP) is 4.81. The lowest BCUT2D eigenvalue weighted by Crippen LogP contribution is -2.26. The second-order valence-electron chi connectivity index (χ2n) is 7.48. The molecule has 2 heterocycles. The summed E-state index contributed by atoms with van der Waals surface area (Å²) in [5, 5.41) is 6.99. The van der Waals surface area contributed by atoms with E-state index in [-0.39, 0.29) is 11.8 Å². The van der Waals surface area contributed by atoms with Gasteiger partial charge in [0.2, 0.25) is 5.91 Å². The SMILES string of the molecule is CSc1ccc(C(CC2CCOCC2)C(=O)Nc2cnoc2C2CC2)cc1. The highest BCUT2D eigenvalue weighted by atomic mass is 32.2. The number of nitrogens with one attached hydrogen (secondary N) is 1. The molecule has 1 saturated carbocycles. The molecule has 1 aliphatic heterocycles. The van der Waals surface area contributed by atoms with Gasteiger partial charge in [0.25, 0.3) is 0 Å². The second kappa shape index (κ2) is 8.48. The van der Waals surface area contributed by atoms with Gasteiger partial charge in [0.05, 0.1) is 12.1 Å². The maximum atomic E-state index is 13.2. The van der Waals surface area contributed by atoms with Gasteiger partial charge in [-0.2, -0.15) is 0 Å². The van der Waals surface area contributed by atoms with Gasteiger partial charge in [-0.3, -0.25) is 4.79 Å². The van der Waals surface area contributed by atoms with Crippen molar-refractivity contribution in [3.05, 3.63) is 41.8 Å². The molecular formula is C21H26N2O3S. The number of nitrogens with zero attached hydrogens (tertiary/aromatic N) is 1. The van der Waals surface area contributed by atoms with Crippen LogP contribution >= 0.6 is 11.8 Å². The Morgan fingerprint density at radius 3 is 2.63 bits per heavy atom. The fourth-order valence-electron chi connectivity index (χ4n) is 3.75. The third kappa shape index (κ3) is 4.55. The molecule has 1 amide bonds. The Morgan fingerprint density at radius 1 is 1.22 bits per heavy atom. The van der Waals surface area contributed by atoms with E-state index >= 15 is 0 Å². The Hall–Kier alpha value is -1.79. The summed E-state index contributed by atoms with van der Waals surface area (Å²) in [5.41, 5.74) is 1.81. The molecule has 1 atom stereocenters. The molecule has 0 radical (unpaired) electrons. The van der Waals surface area contributed by atoms with E-state index in [1.807, 2.05) is 0 Å². The molecule has 0 spiro atoms. The number of hydrogen-bond acceptors (Lipinski definition) is 5. The van der Waals surface area contributed by atoms with Crippen molar-refractivity contribution in [3.8, 4) is 0 Å². The van der Waals surface area contributed by atoms with Crippen molar-refractivity contribution in [1.29, 1.82) is 0 Å². The minimum Gasteiger partial charge on any atom is -0.381 e. The van der Waals surface area contributed by atoms with Gasteiger partial charge in [0, 0.05) is 24.0 Å². The van der Waals surface area contributed by atoms with Gasteiger partial charge in [0.1, 0.15) is 5.69 Å². The first kappa shape index (κ1) is 18.6. The molecule has 1 aromatic heterocycles. The molecule has 1 aromatic carbocycles. The number of anilines is 1. The van der Waals surface area contributed by atoms with Crippen molar-refractivity contribution in [3.63, 3.8) is 0 Å². The Balaban J connectivity index is 1.53. The summed E-state index contributed by atoms with van der Waals surface area (Å²) in [6.07, 6.45) is 8.80. The van der Waals surface area contributed by atoms with Gasteiger partial charge in [0.15, 0.2) is 5.76 Å². The van der Waals surface area contributed by atoms with E-state index in [1.165, 1.54) is 4.90 Å². The molecule has 2 aromatic rings. The van der Waals surface area contributed by atoms with Crippen LogP contribution in [0.1, 0.15) is 55.3 Å². The Bertz CT molecular complexity index is 764. The van der Waals surface area contributed by atoms with Gasteiger partial charge >= 0.3 is 0 Å². The standard InChI is InChI=1S/C21H26N2O3S/c1-27-17-6-4-15(5-7-17)18(12-14-8-10-25-11-9-14)21(24)23-19-13-22-26-20(19)16-2-3-16/h4-7,13-14,16,18H,2-3,8-12H2,1H3,(H,23,24). The van der Waals surface area contributed by atoms with Gasteiger partial charge in [-0.1, -0.05) is 17.3 Å². The zero-order valence-corrected chi connectivity index (χ0v) is 16.5. The molecule has 1 N–H and O–H groups in total. The lowest BCUT2D eigenvalue weighted by atomic mass is 9.84. The molecule has 4 rings (SSSR count). The molecule has 2 fully saturated rings. The van der Waals surface area contributed by atoms with Crippen molar-refractivity contribution in [1.82, 2.24) is 5.16 Å². The van der Waals surface area contributed by atoms with Crippen LogP contribution in [0, 0.1) is 5.92 Å². The summed E-state index contributed by atoms with van der Waals surface area (Å²) >= 11 is 1.71. The van der Waals surface area contributed by atoms with Crippen LogP contribution in [0.5, 0.6) is 0 Å². The molecule has 27 heavy (non-hydrogen) atoms. The number of thioether (sulfide) groups is 1. The summed E-state index contributed by atoms with van der Waals surface area (Å²) in [4.78, 5) is 14.4. The number of benzene rings is 1. The van der Waals surface area contributed by atoms with Crippen molar-refractivity contribution < 1.29 is 14.1 Å². The number of rotatable bonds is 7. The maximum absolute atomic E-state index is 13.2. The monoisotopic (exact) mass is 386 g/mol. The minimum atomic E-state index is -0.175. The first-order valence-electron chi connectivity index (χ1n) is 9.71. The summed E-state index contributed by atoms with van der Waals surface area (Å²) in [6, 6.07) is 8.37. The summed E-state index contributed by atoms with van der Waals surface area (Å²) < 4.78 is 10.9. The van der Waals surface area contributed by atoms with Crippen LogP contribution in [0.3, 0.4) is 0 Å². The van der Waals surface area contributed by atoms with Gasteiger partial charge in [-0.25, -0.2) is 0 Å². The predicted molar refractivity (Wildman–Crippen MR) is 106 cm³/mol. The average Bonchev–Trinajstić information content (AvgIpc) is 3.46. The van der Waals surface area contributed by atoms with Crippen LogP contribution in [-0.2, 0) is 9.53 Å². The summed E-state index contributed by atoms with van der Waals surface area (Å²) in [7, 11) is 0. The number of carbonyl (C=O) groups excluding carboxylic acids is 1. The fraction of sp³-hybridized carbons (Fsp3) is 0.524. The third-order valence-corrected chi connectivity index (χ3v) is 6.29.